The molecule has 1 fully saturated rings. The van der Waals surface area contributed by atoms with Crippen LogP contribution in [-0.4, -0.2) is 42.5 Å². The highest BCUT2D eigenvalue weighted by molar-refractivity contribution is 7.89. The summed E-state index contributed by atoms with van der Waals surface area (Å²) < 4.78 is 26.7. The Labute approximate surface area is 143 Å². The van der Waals surface area contributed by atoms with E-state index in [4.69, 9.17) is 9.97 Å². The molecule has 0 unspecified atom stereocenters. The number of nitrogens with zero attached hydrogens (tertiary/aromatic N) is 3. The van der Waals surface area contributed by atoms with Gasteiger partial charge in [-0.1, -0.05) is 26.0 Å². The van der Waals surface area contributed by atoms with Gasteiger partial charge in [-0.15, -0.1) is 0 Å². The van der Waals surface area contributed by atoms with Crippen LogP contribution in [0.5, 0.6) is 0 Å². The van der Waals surface area contributed by atoms with Crippen LogP contribution in [-0.2, 0) is 15.4 Å². The first-order valence-corrected chi connectivity index (χ1v) is 9.97. The van der Waals surface area contributed by atoms with E-state index in [-0.39, 0.29) is 17.1 Å². The standard InChI is InChI=1S/C18H23N3O2S/c1-17(2)12-9-10-18(17,11-24(22,23)21(3)4)16-15(12)19-13-7-5-6-8-14(13)20-16/h5-8,12H,9-11H2,1-4H3/t12-,18-/m0/s1. The molecular weight excluding hydrogens is 322 g/mol. The highest BCUT2D eigenvalue weighted by atomic mass is 32.2. The SMILES string of the molecule is CN(C)S(=O)(=O)C[C@@]12CC[C@@H](c3nc4ccccc4nc31)C2(C)C. The van der Waals surface area contributed by atoms with Crippen molar-refractivity contribution in [3.8, 4) is 0 Å². The monoisotopic (exact) mass is 345 g/mol. The molecular formula is C18H23N3O2S. The van der Waals surface area contributed by atoms with Crippen molar-refractivity contribution < 1.29 is 8.42 Å². The van der Waals surface area contributed by atoms with Gasteiger partial charge < -0.3 is 0 Å². The fourth-order valence-corrected chi connectivity index (χ4v) is 6.22. The average molecular weight is 345 g/mol. The second-order valence-corrected chi connectivity index (χ2v) is 10.1. The van der Waals surface area contributed by atoms with Crippen molar-refractivity contribution in [2.45, 2.75) is 38.0 Å². The number of aromatic nitrogens is 2. The van der Waals surface area contributed by atoms with Crippen LogP contribution in [0.2, 0.25) is 0 Å². The summed E-state index contributed by atoms with van der Waals surface area (Å²) in [5.74, 6) is 0.387. The number of rotatable bonds is 3. The minimum absolute atomic E-state index is 0.108. The fourth-order valence-electron chi connectivity index (χ4n) is 4.69. The van der Waals surface area contributed by atoms with Crippen molar-refractivity contribution in [3.05, 3.63) is 35.7 Å². The second-order valence-electron chi connectivity index (χ2n) is 7.88. The molecule has 128 valence electrons. The molecule has 1 heterocycles. The van der Waals surface area contributed by atoms with Crippen LogP contribution >= 0.6 is 0 Å². The lowest BCUT2D eigenvalue weighted by atomic mass is 9.70. The normalized spacial score (nSPS) is 27.8. The summed E-state index contributed by atoms with van der Waals surface area (Å²) in [4.78, 5) is 9.79. The van der Waals surface area contributed by atoms with E-state index in [1.54, 1.807) is 14.1 Å². The zero-order valence-electron chi connectivity index (χ0n) is 14.6. The summed E-state index contributed by atoms with van der Waals surface area (Å²) in [6.45, 7) is 4.37. The van der Waals surface area contributed by atoms with Crippen LogP contribution < -0.4 is 0 Å². The van der Waals surface area contributed by atoms with Crippen molar-refractivity contribution >= 4 is 21.1 Å². The van der Waals surface area contributed by atoms with Gasteiger partial charge in [-0.05, 0) is 30.4 Å². The quantitative estimate of drug-likeness (QED) is 0.858. The number of benzene rings is 1. The predicted molar refractivity (Wildman–Crippen MR) is 94.4 cm³/mol. The molecule has 2 atom stereocenters. The molecule has 1 aromatic heterocycles. The first kappa shape index (κ1) is 16.0. The Balaban J connectivity index is 1.96. The van der Waals surface area contributed by atoms with Gasteiger partial charge in [0.2, 0.25) is 10.0 Å². The lowest BCUT2D eigenvalue weighted by molar-refractivity contribution is 0.227. The van der Waals surface area contributed by atoms with Crippen molar-refractivity contribution in [3.63, 3.8) is 0 Å². The maximum absolute atomic E-state index is 12.7. The Kier molecular flexibility index (Phi) is 3.17. The maximum atomic E-state index is 12.7. The van der Waals surface area contributed by atoms with Gasteiger partial charge in [0.15, 0.2) is 0 Å². The van der Waals surface area contributed by atoms with Gasteiger partial charge in [0.1, 0.15) is 0 Å². The molecule has 0 spiro atoms. The number of fused-ring (bicyclic) bond motifs is 6. The van der Waals surface area contributed by atoms with E-state index in [2.05, 4.69) is 13.8 Å². The zero-order valence-corrected chi connectivity index (χ0v) is 15.4. The molecule has 24 heavy (non-hydrogen) atoms. The number of hydrogen-bond acceptors (Lipinski definition) is 4. The zero-order chi connectivity index (χ0) is 17.3. The molecule has 0 amide bonds. The van der Waals surface area contributed by atoms with Gasteiger partial charge in [-0.2, -0.15) is 0 Å². The Morgan fingerprint density at radius 3 is 2.42 bits per heavy atom. The molecule has 1 aromatic carbocycles. The topological polar surface area (TPSA) is 63.2 Å². The molecule has 0 saturated heterocycles. The van der Waals surface area contributed by atoms with Gasteiger partial charge >= 0.3 is 0 Å². The van der Waals surface area contributed by atoms with Gasteiger partial charge in [-0.3, -0.25) is 0 Å². The first-order valence-electron chi connectivity index (χ1n) is 8.36. The van der Waals surface area contributed by atoms with E-state index in [0.717, 1.165) is 35.3 Å². The van der Waals surface area contributed by atoms with Crippen LogP contribution in [0.4, 0.5) is 0 Å². The smallest absolute Gasteiger partial charge is 0.214 e. The molecule has 4 rings (SSSR count). The number of sulfonamides is 1. The highest BCUT2D eigenvalue weighted by Gasteiger charge is 2.65. The molecule has 2 aliphatic rings. The summed E-state index contributed by atoms with van der Waals surface area (Å²) in [6, 6.07) is 7.85. The van der Waals surface area contributed by atoms with Crippen LogP contribution in [0.3, 0.4) is 0 Å². The largest absolute Gasteiger partial charge is 0.249 e. The molecule has 2 aliphatic carbocycles. The number of hydrogen-bond donors (Lipinski definition) is 0. The van der Waals surface area contributed by atoms with Crippen molar-refractivity contribution in [2.24, 2.45) is 5.41 Å². The third-order valence-corrected chi connectivity index (χ3v) is 8.30. The lowest BCUT2D eigenvalue weighted by Crippen LogP contribution is -2.45. The molecule has 2 bridgehead atoms. The molecule has 1 saturated carbocycles. The van der Waals surface area contributed by atoms with Crippen LogP contribution in [0, 0.1) is 5.41 Å². The fraction of sp³-hybridized carbons (Fsp3) is 0.556. The summed E-state index contributed by atoms with van der Waals surface area (Å²) in [7, 11) is -0.118. The van der Waals surface area contributed by atoms with Crippen LogP contribution in [0.25, 0.3) is 11.0 Å². The summed E-state index contributed by atoms with van der Waals surface area (Å²) in [5.41, 5.74) is 3.06. The van der Waals surface area contributed by atoms with E-state index in [1.165, 1.54) is 4.31 Å². The molecule has 6 heteroatoms. The Hall–Kier alpha value is -1.53. The van der Waals surface area contributed by atoms with Gasteiger partial charge in [0.25, 0.3) is 0 Å². The van der Waals surface area contributed by atoms with Crippen molar-refractivity contribution in [1.82, 2.24) is 14.3 Å². The van der Waals surface area contributed by atoms with Gasteiger partial charge in [0, 0.05) is 25.4 Å². The molecule has 2 aromatic rings. The van der Waals surface area contributed by atoms with Gasteiger partial charge in [-0.25, -0.2) is 22.7 Å². The maximum Gasteiger partial charge on any atom is 0.214 e. The predicted octanol–water partition coefficient (Wildman–Crippen LogP) is 2.68. The number of para-hydroxylation sites is 2. The van der Waals surface area contributed by atoms with Crippen LogP contribution in [0.1, 0.15) is 44.0 Å². The van der Waals surface area contributed by atoms with Gasteiger partial charge in [0.05, 0.1) is 28.2 Å². The highest BCUT2D eigenvalue weighted by Crippen LogP contribution is 2.67. The van der Waals surface area contributed by atoms with E-state index >= 15 is 0 Å². The Morgan fingerprint density at radius 2 is 1.79 bits per heavy atom. The van der Waals surface area contributed by atoms with E-state index < -0.39 is 15.4 Å². The van der Waals surface area contributed by atoms with Crippen molar-refractivity contribution in [2.75, 3.05) is 19.8 Å². The summed E-state index contributed by atoms with van der Waals surface area (Å²) >= 11 is 0. The minimum atomic E-state index is -3.33. The third kappa shape index (κ3) is 1.87. The molecule has 5 nitrogen and oxygen atoms in total. The molecule has 0 aliphatic heterocycles. The molecule has 0 N–H and O–H groups in total. The second kappa shape index (κ2) is 4.76. The van der Waals surface area contributed by atoms with E-state index in [9.17, 15) is 8.42 Å². The lowest BCUT2D eigenvalue weighted by Gasteiger charge is -2.38. The first-order chi connectivity index (χ1) is 11.2. The minimum Gasteiger partial charge on any atom is -0.249 e. The summed E-state index contributed by atoms with van der Waals surface area (Å²) in [5, 5.41) is 0. The van der Waals surface area contributed by atoms with E-state index in [1.807, 2.05) is 24.3 Å². The average Bonchev–Trinajstić information content (AvgIpc) is 2.85. The van der Waals surface area contributed by atoms with Crippen LogP contribution in [0.15, 0.2) is 24.3 Å². The molecule has 0 radical (unpaired) electrons. The Morgan fingerprint density at radius 1 is 1.17 bits per heavy atom. The summed E-state index contributed by atoms with van der Waals surface area (Å²) in [6.07, 6.45) is 1.84. The van der Waals surface area contributed by atoms with Crippen molar-refractivity contribution in [1.29, 1.82) is 0 Å². The van der Waals surface area contributed by atoms with E-state index in [0.29, 0.717) is 0 Å². The third-order valence-electron chi connectivity index (χ3n) is 6.33. The Bertz CT molecular complexity index is 936.